The molecule has 0 amide bonds. The van der Waals surface area contributed by atoms with E-state index >= 15 is 0 Å². The molecule has 0 radical (unpaired) electrons. The third-order valence-corrected chi connectivity index (χ3v) is 3.15. The Kier molecular flexibility index (Phi) is 7.54. The van der Waals surface area contributed by atoms with E-state index in [4.69, 9.17) is 14.2 Å². The Morgan fingerprint density at radius 2 is 1.81 bits per heavy atom. The second kappa shape index (κ2) is 8.90. The van der Waals surface area contributed by atoms with Gasteiger partial charge in [0.2, 0.25) is 0 Å². The highest BCUT2D eigenvalue weighted by Gasteiger charge is 2.11. The van der Waals surface area contributed by atoms with Crippen LogP contribution in [0.25, 0.3) is 0 Å². The molecule has 0 saturated carbocycles. The minimum atomic E-state index is 0.276. The van der Waals surface area contributed by atoms with Crippen molar-refractivity contribution in [1.82, 2.24) is 5.32 Å². The van der Waals surface area contributed by atoms with Gasteiger partial charge in [-0.25, -0.2) is 0 Å². The van der Waals surface area contributed by atoms with E-state index in [9.17, 15) is 0 Å². The van der Waals surface area contributed by atoms with Crippen LogP contribution in [0.3, 0.4) is 0 Å². The molecule has 0 aliphatic carbocycles. The largest absolute Gasteiger partial charge is 0.493 e. The number of nitrogens with one attached hydrogen (secondary N) is 1. The van der Waals surface area contributed by atoms with Gasteiger partial charge in [-0.3, -0.25) is 0 Å². The predicted molar refractivity (Wildman–Crippen MR) is 86.1 cm³/mol. The van der Waals surface area contributed by atoms with Crippen LogP contribution in [0.5, 0.6) is 11.5 Å². The van der Waals surface area contributed by atoms with Gasteiger partial charge in [-0.1, -0.05) is 26.8 Å². The molecule has 0 spiro atoms. The molecule has 0 aliphatic rings. The lowest BCUT2D eigenvalue weighted by Gasteiger charge is -2.19. The Bertz CT molecular complexity index is 413. The molecule has 0 aromatic heterocycles. The zero-order chi connectivity index (χ0) is 15.7. The third kappa shape index (κ3) is 7.34. The maximum Gasteiger partial charge on any atom is 0.161 e. The van der Waals surface area contributed by atoms with Crippen LogP contribution in [0.1, 0.15) is 32.8 Å². The molecule has 4 nitrogen and oxygen atoms in total. The molecule has 0 fully saturated rings. The lowest BCUT2D eigenvalue weighted by Crippen LogP contribution is -2.18. The van der Waals surface area contributed by atoms with Gasteiger partial charge in [0.15, 0.2) is 11.5 Å². The zero-order valence-electron chi connectivity index (χ0n) is 14.0. The molecule has 1 N–H and O–H groups in total. The molecule has 120 valence electrons. The number of ether oxygens (including phenoxy) is 3. The summed E-state index contributed by atoms with van der Waals surface area (Å²) in [7, 11) is 3.38. The Morgan fingerprint density at radius 1 is 1.05 bits per heavy atom. The average Bonchev–Trinajstić information content (AvgIpc) is 2.43. The molecule has 0 unspecified atom stereocenters. The van der Waals surface area contributed by atoms with Crippen molar-refractivity contribution in [3.05, 3.63) is 23.8 Å². The number of hydrogen-bond acceptors (Lipinski definition) is 4. The summed E-state index contributed by atoms with van der Waals surface area (Å²) in [6.07, 6.45) is 1.01. The first kappa shape index (κ1) is 17.8. The fourth-order valence-electron chi connectivity index (χ4n) is 1.82. The lowest BCUT2D eigenvalue weighted by molar-refractivity contribution is 0.199. The van der Waals surface area contributed by atoms with Crippen LogP contribution in [0.4, 0.5) is 0 Å². The second-order valence-corrected chi connectivity index (χ2v) is 6.31. The minimum Gasteiger partial charge on any atom is -0.493 e. The highest BCUT2D eigenvalue weighted by atomic mass is 16.5. The molecule has 4 heteroatoms. The maximum atomic E-state index is 5.84. The van der Waals surface area contributed by atoms with Crippen LogP contribution in [0.15, 0.2) is 18.2 Å². The number of methoxy groups -OCH3 is 2. The number of rotatable bonds is 9. The average molecular weight is 295 g/mol. The first-order chi connectivity index (χ1) is 9.96. The van der Waals surface area contributed by atoms with Crippen LogP contribution >= 0.6 is 0 Å². The lowest BCUT2D eigenvalue weighted by atomic mass is 9.93. The standard InChI is InChI=1S/C17H29NO3/c1-17(2,3)8-10-21-15-7-6-14(12-16(15)20-5)13-18-9-11-19-4/h6-7,12,18H,8-11,13H2,1-5H3. The molecular formula is C17H29NO3. The first-order valence-electron chi connectivity index (χ1n) is 7.45. The van der Waals surface area contributed by atoms with E-state index in [0.717, 1.165) is 31.0 Å². The zero-order valence-corrected chi connectivity index (χ0v) is 14.0. The van der Waals surface area contributed by atoms with Crippen molar-refractivity contribution in [1.29, 1.82) is 0 Å². The summed E-state index contributed by atoms with van der Waals surface area (Å²) in [5, 5.41) is 3.32. The van der Waals surface area contributed by atoms with Crippen LogP contribution in [0, 0.1) is 5.41 Å². The first-order valence-corrected chi connectivity index (χ1v) is 7.45. The molecule has 0 heterocycles. The monoisotopic (exact) mass is 295 g/mol. The molecule has 1 aromatic rings. The normalized spacial score (nSPS) is 11.5. The van der Waals surface area contributed by atoms with Gasteiger partial charge < -0.3 is 19.5 Å². The summed E-state index contributed by atoms with van der Waals surface area (Å²) in [5.41, 5.74) is 1.45. The summed E-state index contributed by atoms with van der Waals surface area (Å²) < 4.78 is 16.3. The number of benzene rings is 1. The van der Waals surface area contributed by atoms with Crippen molar-refractivity contribution in [2.24, 2.45) is 5.41 Å². The van der Waals surface area contributed by atoms with Gasteiger partial charge in [0.25, 0.3) is 0 Å². The molecular weight excluding hydrogens is 266 g/mol. The van der Waals surface area contributed by atoms with E-state index in [1.54, 1.807) is 14.2 Å². The minimum absolute atomic E-state index is 0.276. The van der Waals surface area contributed by atoms with E-state index in [1.165, 1.54) is 5.56 Å². The summed E-state index contributed by atoms with van der Waals surface area (Å²) in [6, 6.07) is 6.07. The van der Waals surface area contributed by atoms with Crippen molar-refractivity contribution in [3.8, 4) is 11.5 Å². The van der Waals surface area contributed by atoms with Gasteiger partial charge in [-0.05, 0) is 29.5 Å². The van der Waals surface area contributed by atoms with Gasteiger partial charge in [-0.15, -0.1) is 0 Å². The SMILES string of the molecule is COCCNCc1ccc(OCCC(C)(C)C)c(OC)c1. The van der Waals surface area contributed by atoms with Crippen molar-refractivity contribution in [2.45, 2.75) is 33.7 Å². The van der Waals surface area contributed by atoms with Crippen LogP contribution < -0.4 is 14.8 Å². The molecule has 0 saturated heterocycles. The van der Waals surface area contributed by atoms with E-state index < -0.39 is 0 Å². The van der Waals surface area contributed by atoms with E-state index in [1.807, 2.05) is 12.1 Å². The Morgan fingerprint density at radius 3 is 2.43 bits per heavy atom. The summed E-state index contributed by atoms with van der Waals surface area (Å²) >= 11 is 0. The van der Waals surface area contributed by atoms with E-state index in [-0.39, 0.29) is 5.41 Å². The summed E-state index contributed by atoms with van der Waals surface area (Å²) in [4.78, 5) is 0. The molecule has 0 aliphatic heterocycles. The summed E-state index contributed by atoms with van der Waals surface area (Å²) in [6.45, 7) is 9.67. The molecule has 0 bridgehead atoms. The van der Waals surface area contributed by atoms with Crippen molar-refractivity contribution < 1.29 is 14.2 Å². The highest BCUT2D eigenvalue weighted by Crippen LogP contribution is 2.29. The maximum absolute atomic E-state index is 5.84. The summed E-state index contributed by atoms with van der Waals surface area (Å²) in [5.74, 6) is 1.59. The Labute approximate surface area is 128 Å². The third-order valence-electron chi connectivity index (χ3n) is 3.15. The van der Waals surface area contributed by atoms with Gasteiger partial charge >= 0.3 is 0 Å². The second-order valence-electron chi connectivity index (χ2n) is 6.31. The molecule has 1 rings (SSSR count). The van der Waals surface area contributed by atoms with E-state index in [2.05, 4.69) is 32.2 Å². The van der Waals surface area contributed by atoms with Crippen molar-refractivity contribution in [2.75, 3.05) is 34.0 Å². The predicted octanol–water partition coefficient (Wildman–Crippen LogP) is 3.25. The van der Waals surface area contributed by atoms with Crippen LogP contribution in [-0.2, 0) is 11.3 Å². The molecule has 0 atom stereocenters. The van der Waals surface area contributed by atoms with Crippen LogP contribution in [0.2, 0.25) is 0 Å². The van der Waals surface area contributed by atoms with Gasteiger partial charge in [0.05, 0.1) is 20.3 Å². The molecule has 21 heavy (non-hydrogen) atoms. The van der Waals surface area contributed by atoms with Crippen molar-refractivity contribution >= 4 is 0 Å². The fraction of sp³-hybridized carbons (Fsp3) is 0.647. The van der Waals surface area contributed by atoms with Gasteiger partial charge in [-0.2, -0.15) is 0 Å². The highest BCUT2D eigenvalue weighted by molar-refractivity contribution is 5.42. The van der Waals surface area contributed by atoms with Crippen LogP contribution in [-0.4, -0.2) is 34.0 Å². The van der Waals surface area contributed by atoms with Gasteiger partial charge in [0, 0.05) is 20.2 Å². The molecule has 1 aromatic carbocycles. The Hall–Kier alpha value is -1.26. The van der Waals surface area contributed by atoms with Gasteiger partial charge in [0.1, 0.15) is 0 Å². The quantitative estimate of drug-likeness (QED) is 0.710. The Balaban J connectivity index is 2.53. The smallest absolute Gasteiger partial charge is 0.161 e. The topological polar surface area (TPSA) is 39.7 Å². The van der Waals surface area contributed by atoms with Crippen molar-refractivity contribution in [3.63, 3.8) is 0 Å². The fourth-order valence-corrected chi connectivity index (χ4v) is 1.82. The number of hydrogen-bond donors (Lipinski definition) is 1. The van der Waals surface area contributed by atoms with E-state index in [0.29, 0.717) is 13.2 Å².